The summed E-state index contributed by atoms with van der Waals surface area (Å²) in [6.07, 6.45) is 8.24. The Bertz CT molecular complexity index is 501. The number of nitrogen functional groups attached to an aromatic ring is 1. The second-order valence-electron chi connectivity index (χ2n) is 6.17. The second kappa shape index (κ2) is 5.81. The lowest BCUT2D eigenvalue weighted by Gasteiger charge is -2.27. The number of nitrogens with two attached hydrogens (primary N) is 1. The third-order valence-electron chi connectivity index (χ3n) is 4.58. The average molecular weight is 272 g/mol. The van der Waals surface area contributed by atoms with Crippen LogP contribution in [0, 0.1) is 5.92 Å². The van der Waals surface area contributed by atoms with Crippen molar-refractivity contribution in [2.24, 2.45) is 10.9 Å². The highest BCUT2D eigenvalue weighted by Gasteiger charge is 2.21. The first-order chi connectivity index (χ1) is 9.74. The molecule has 1 aliphatic heterocycles. The van der Waals surface area contributed by atoms with E-state index in [-0.39, 0.29) is 0 Å². The summed E-state index contributed by atoms with van der Waals surface area (Å²) in [5, 5.41) is 3.34. The van der Waals surface area contributed by atoms with E-state index in [0.717, 1.165) is 36.8 Å². The van der Waals surface area contributed by atoms with Crippen LogP contribution < -0.4 is 11.1 Å². The first kappa shape index (κ1) is 13.4. The van der Waals surface area contributed by atoms with E-state index in [2.05, 4.69) is 28.3 Å². The minimum atomic E-state index is 0.589. The smallest absolute Gasteiger partial charge is 0.134 e. The van der Waals surface area contributed by atoms with Gasteiger partial charge in [-0.05, 0) is 42.7 Å². The van der Waals surface area contributed by atoms with Crippen LogP contribution in [0.2, 0.25) is 0 Å². The number of amidine groups is 1. The third kappa shape index (κ3) is 2.79. The molecular weight excluding hydrogens is 248 g/mol. The van der Waals surface area contributed by atoms with Gasteiger partial charge in [-0.25, -0.2) is 4.98 Å². The Morgan fingerprint density at radius 3 is 2.75 bits per heavy atom. The minimum absolute atomic E-state index is 0.589. The number of nitrogens with one attached hydrogen (secondary N) is 1. The highest BCUT2D eigenvalue weighted by Crippen LogP contribution is 2.35. The molecule has 3 N–H and O–H groups in total. The average Bonchev–Trinajstić information content (AvgIpc) is 2.50. The van der Waals surface area contributed by atoms with E-state index < -0.39 is 0 Å². The summed E-state index contributed by atoms with van der Waals surface area (Å²) in [5.74, 6) is 3.03. The van der Waals surface area contributed by atoms with Gasteiger partial charge in [0.2, 0.25) is 0 Å². The number of nitrogens with zero attached hydrogens (tertiary/aromatic N) is 2. The van der Waals surface area contributed by atoms with Gasteiger partial charge in [0.1, 0.15) is 11.7 Å². The van der Waals surface area contributed by atoms with Crippen LogP contribution in [0.4, 0.5) is 5.82 Å². The Hall–Kier alpha value is -1.58. The zero-order chi connectivity index (χ0) is 13.9. The van der Waals surface area contributed by atoms with Gasteiger partial charge >= 0.3 is 0 Å². The number of aliphatic imine (C=N–C) groups is 1. The number of pyridine rings is 1. The van der Waals surface area contributed by atoms with Crippen LogP contribution in [0.5, 0.6) is 0 Å². The summed E-state index contributed by atoms with van der Waals surface area (Å²) in [5.41, 5.74) is 8.36. The van der Waals surface area contributed by atoms with Gasteiger partial charge in [0, 0.05) is 19.3 Å². The molecule has 1 aromatic heterocycles. The van der Waals surface area contributed by atoms with Gasteiger partial charge in [0.15, 0.2) is 0 Å². The van der Waals surface area contributed by atoms with Crippen molar-refractivity contribution in [2.75, 3.05) is 18.8 Å². The summed E-state index contributed by atoms with van der Waals surface area (Å²) in [6, 6.07) is 2.21. The molecule has 2 aliphatic rings. The molecule has 0 spiro atoms. The molecule has 0 saturated heterocycles. The summed E-state index contributed by atoms with van der Waals surface area (Å²) in [4.78, 5) is 8.95. The molecule has 108 valence electrons. The largest absolute Gasteiger partial charge is 0.383 e. The molecule has 0 bridgehead atoms. The predicted molar refractivity (Wildman–Crippen MR) is 83.0 cm³/mol. The number of anilines is 1. The Balaban J connectivity index is 1.84. The monoisotopic (exact) mass is 272 g/mol. The fourth-order valence-corrected chi connectivity index (χ4v) is 3.21. The van der Waals surface area contributed by atoms with Gasteiger partial charge in [-0.3, -0.25) is 4.99 Å². The van der Waals surface area contributed by atoms with Crippen LogP contribution in [-0.2, 0) is 0 Å². The number of rotatable bonds is 2. The molecule has 1 aliphatic carbocycles. The maximum Gasteiger partial charge on any atom is 0.134 e. The van der Waals surface area contributed by atoms with Gasteiger partial charge in [0.05, 0.1) is 5.56 Å². The van der Waals surface area contributed by atoms with Crippen molar-refractivity contribution in [1.82, 2.24) is 10.3 Å². The highest BCUT2D eigenvalue weighted by molar-refractivity contribution is 6.02. The van der Waals surface area contributed by atoms with Crippen molar-refractivity contribution in [3.05, 3.63) is 23.4 Å². The van der Waals surface area contributed by atoms with E-state index in [1.54, 1.807) is 0 Å². The highest BCUT2D eigenvalue weighted by atomic mass is 15.0. The predicted octanol–water partition coefficient (Wildman–Crippen LogP) is 2.70. The van der Waals surface area contributed by atoms with Crippen molar-refractivity contribution in [1.29, 1.82) is 0 Å². The first-order valence-corrected chi connectivity index (χ1v) is 7.78. The van der Waals surface area contributed by atoms with Gasteiger partial charge < -0.3 is 11.1 Å². The normalized spacial score (nSPS) is 26.8. The van der Waals surface area contributed by atoms with E-state index in [4.69, 9.17) is 5.73 Å². The van der Waals surface area contributed by atoms with Crippen LogP contribution in [0.15, 0.2) is 17.3 Å². The van der Waals surface area contributed by atoms with E-state index in [0.29, 0.717) is 11.7 Å². The molecule has 20 heavy (non-hydrogen) atoms. The maximum atomic E-state index is 6.04. The maximum absolute atomic E-state index is 6.04. The topological polar surface area (TPSA) is 63.3 Å². The van der Waals surface area contributed by atoms with Crippen LogP contribution in [0.1, 0.15) is 56.1 Å². The summed E-state index contributed by atoms with van der Waals surface area (Å²) in [6.45, 7) is 4.21. The van der Waals surface area contributed by atoms with Gasteiger partial charge in [0.25, 0.3) is 0 Å². The molecule has 4 heteroatoms. The number of aromatic nitrogens is 1. The van der Waals surface area contributed by atoms with Crippen LogP contribution in [-0.4, -0.2) is 23.9 Å². The molecule has 4 nitrogen and oxygen atoms in total. The molecule has 2 heterocycles. The van der Waals surface area contributed by atoms with Gasteiger partial charge in [-0.1, -0.05) is 19.8 Å². The fraction of sp³-hybridized carbons (Fsp3) is 0.625. The minimum Gasteiger partial charge on any atom is -0.383 e. The lowest BCUT2D eigenvalue weighted by atomic mass is 9.79. The standard InChI is InChI=1S/C16H24N4/c1-11-3-5-12(6-4-11)13-9-14(15(17)20-10-13)16-18-7-2-8-19-16/h9-12H,2-8H2,1H3,(H2,17,20)(H,18,19). The lowest BCUT2D eigenvalue weighted by molar-refractivity contribution is 0.347. The molecule has 1 aromatic rings. The second-order valence-corrected chi connectivity index (χ2v) is 6.17. The zero-order valence-corrected chi connectivity index (χ0v) is 12.2. The molecular formula is C16H24N4. The Labute approximate surface area is 120 Å². The summed E-state index contributed by atoms with van der Waals surface area (Å²) in [7, 11) is 0. The van der Waals surface area contributed by atoms with Crippen molar-refractivity contribution < 1.29 is 0 Å². The molecule has 0 unspecified atom stereocenters. The Morgan fingerprint density at radius 2 is 2.05 bits per heavy atom. The zero-order valence-electron chi connectivity index (χ0n) is 12.2. The molecule has 1 saturated carbocycles. The van der Waals surface area contributed by atoms with Crippen LogP contribution >= 0.6 is 0 Å². The number of hydrogen-bond donors (Lipinski definition) is 2. The fourth-order valence-electron chi connectivity index (χ4n) is 3.21. The van der Waals surface area contributed by atoms with E-state index in [1.807, 2.05) is 6.20 Å². The molecule has 0 aromatic carbocycles. The molecule has 3 rings (SSSR count). The Morgan fingerprint density at radius 1 is 1.25 bits per heavy atom. The van der Waals surface area contributed by atoms with Crippen molar-refractivity contribution in [2.45, 2.75) is 44.9 Å². The van der Waals surface area contributed by atoms with Crippen molar-refractivity contribution in [3.8, 4) is 0 Å². The Kier molecular flexibility index (Phi) is 3.90. The van der Waals surface area contributed by atoms with Gasteiger partial charge in [-0.15, -0.1) is 0 Å². The van der Waals surface area contributed by atoms with E-state index in [9.17, 15) is 0 Å². The lowest BCUT2D eigenvalue weighted by Crippen LogP contribution is -2.31. The molecule has 0 atom stereocenters. The molecule has 0 amide bonds. The van der Waals surface area contributed by atoms with Crippen LogP contribution in [0.25, 0.3) is 0 Å². The molecule has 0 radical (unpaired) electrons. The SMILES string of the molecule is CC1CCC(c2cnc(N)c(C3=NCCCN3)c2)CC1. The van der Waals surface area contributed by atoms with Crippen LogP contribution in [0.3, 0.4) is 0 Å². The van der Waals surface area contributed by atoms with Gasteiger partial charge in [-0.2, -0.15) is 0 Å². The van der Waals surface area contributed by atoms with E-state index in [1.165, 1.54) is 31.2 Å². The first-order valence-electron chi connectivity index (χ1n) is 7.78. The van der Waals surface area contributed by atoms with E-state index >= 15 is 0 Å². The summed E-state index contributed by atoms with van der Waals surface area (Å²) < 4.78 is 0. The van der Waals surface area contributed by atoms with Crippen molar-refractivity contribution in [3.63, 3.8) is 0 Å². The quantitative estimate of drug-likeness (QED) is 0.870. The third-order valence-corrected chi connectivity index (χ3v) is 4.58. The number of hydrogen-bond acceptors (Lipinski definition) is 4. The molecule has 1 fully saturated rings. The van der Waals surface area contributed by atoms with Crippen molar-refractivity contribution >= 4 is 11.7 Å². The summed E-state index contributed by atoms with van der Waals surface area (Å²) >= 11 is 0.